The van der Waals surface area contributed by atoms with E-state index in [1.165, 1.54) is 12.1 Å². The normalized spacial score (nSPS) is 12.3. The minimum absolute atomic E-state index is 0.262. The Balaban J connectivity index is 1.65. The standard InChI is InChI=1S/C17H14ClF2N3O/c1-10(14-7-6-13(19)8-15(14)20)21-9-16-22-17(23-24-16)11-2-4-12(18)5-3-11/h2-8,10,21H,9H2,1H3/t10-/m0/s1. The Morgan fingerprint density at radius 1 is 1.17 bits per heavy atom. The summed E-state index contributed by atoms with van der Waals surface area (Å²) in [6, 6.07) is 10.2. The average Bonchev–Trinajstić information content (AvgIpc) is 3.02. The minimum Gasteiger partial charge on any atom is -0.338 e. The number of aromatic nitrogens is 2. The van der Waals surface area contributed by atoms with Crippen LogP contribution in [0.4, 0.5) is 8.78 Å². The Morgan fingerprint density at radius 2 is 1.92 bits per heavy atom. The van der Waals surface area contributed by atoms with Crippen molar-refractivity contribution < 1.29 is 13.3 Å². The molecule has 0 aliphatic carbocycles. The second-order valence-electron chi connectivity index (χ2n) is 5.29. The zero-order chi connectivity index (χ0) is 17.1. The van der Waals surface area contributed by atoms with E-state index in [0.717, 1.165) is 11.6 Å². The van der Waals surface area contributed by atoms with E-state index in [1.54, 1.807) is 31.2 Å². The van der Waals surface area contributed by atoms with E-state index in [4.69, 9.17) is 16.1 Å². The largest absolute Gasteiger partial charge is 0.338 e. The molecule has 7 heteroatoms. The van der Waals surface area contributed by atoms with Crippen LogP contribution in [0, 0.1) is 11.6 Å². The molecule has 0 unspecified atom stereocenters. The quantitative estimate of drug-likeness (QED) is 0.735. The molecule has 24 heavy (non-hydrogen) atoms. The van der Waals surface area contributed by atoms with E-state index < -0.39 is 11.6 Å². The van der Waals surface area contributed by atoms with Crippen LogP contribution in [0.1, 0.15) is 24.4 Å². The van der Waals surface area contributed by atoms with Crippen LogP contribution in [-0.2, 0) is 6.54 Å². The zero-order valence-corrected chi connectivity index (χ0v) is 13.5. The van der Waals surface area contributed by atoms with Crippen molar-refractivity contribution in [2.75, 3.05) is 0 Å². The first kappa shape index (κ1) is 16.5. The highest BCUT2D eigenvalue weighted by Crippen LogP contribution is 2.20. The van der Waals surface area contributed by atoms with Crippen LogP contribution >= 0.6 is 11.6 Å². The molecule has 124 valence electrons. The summed E-state index contributed by atoms with van der Waals surface area (Å²) in [6.45, 7) is 2.03. The maximum atomic E-state index is 13.7. The number of nitrogens with zero attached hydrogens (tertiary/aromatic N) is 2. The topological polar surface area (TPSA) is 51.0 Å². The van der Waals surface area contributed by atoms with Crippen molar-refractivity contribution in [2.45, 2.75) is 19.5 Å². The first-order valence-electron chi connectivity index (χ1n) is 7.30. The van der Waals surface area contributed by atoms with E-state index in [2.05, 4.69) is 15.5 Å². The van der Waals surface area contributed by atoms with Gasteiger partial charge in [0.15, 0.2) is 0 Å². The molecule has 1 heterocycles. The fraction of sp³-hybridized carbons (Fsp3) is 0.176. The molecular formula is C17H14ClF2N3O. The molecule has 4 nitrogen and oxygen atoms in total. The third-order valence-corrected chi connectivity index (χ3v) is 3.81. The number of nitrogens with one attached hydrogen (secondary N) is 1. The smallest absolute Gasteiger partial charge is 0.240 e. The number of benzene rings is 2. The van der Waals surface area contributed by atoms with Gasteiger partial charge in [0.25, 0.3) is 0 Å². The van der Waals surface area contributed by atoms with Gasteiger partial charge in [-0.2, -0.15) is 4.98 Å². The summed E-state index contributed by atoms with van der Waals surface area (Å²) in [7, 11) is 0. The molecule has 0 aliphatic rings. The number of hydrogen-bond acceptors (Lipinski definition) is 4. The van der Waals surface area contributed by atoms with E-state index in [0.29, 0.717) is 22.3 Å². The van der Waals surface area contributed by atoms with Gasteiger partial charge in [-0.3, -0.25) is 0 Å². The molecule has 0 spiro atoms. The SMILES string of the molecule is C[C@H](NCc1nc(-c2ccc(Cl)cc2)no1)c1ccc(F)cc1F. The van der Waals surface area contributed by atoms with Crippen LogP contribution in [0.5, 0.6) is 0 Å². The van der Waals surface area contributed by atoms with Crippen LogP contribution in [0.25, 0.3) is 11.4 Å². The number of hydrogen-bond donors (Lipinski definition) is 1. The van der Waals surface area contributed by atoms with Crippen molar-refractivity contribution in [2.24, 2.45) is 0 Å². The highest BCUT2D eigenvalue weighted by Gasteiger charge is 2.14. The maximum absolute atomic E-state index is 13.7. The predicted molar refractivity (Wildman–Crippen MR) is 86.4 cm³/mol. The first-order valence-corrected chi connectivity index (χ1v) is 7.67. The summed E-state index contributed by atoms with van der Waals surface area (Å²) in [4.78, 5) is 4.28. The average molecular weight is 350 g/mol. The van der Waals surface area contributed by atoms with Gasteiger partial charge in [0.1, 0.15) is 11.6 Å². The van der Waals surface area contributed by atoms with Gasteiger partial charge in [-0.15, -0.1) is 0 Å². The zero-order valence-electron chi connectivity index (χ0n) is 12.8. The highest BCUT2D eigenvalue weighted by molar-refractivity contribution is 6.30. The summed E-state index contributed by atoms with van der Waals surface area (Å²) in [6.07, 6.45) is 0. The molecule has 0 amide bonds. The summed E-state index contributed by atoms with van der Waals surface area (Å²) >= 11 is 5.84. The van der Waals surface area contributed by atoms with Crippen LogP contribution in [0.15, 0.2) is 47.0 Å². The lowest BCUT2D eigenvalue weighted by Crippen LogP contribution is -2.19. The lowest BCUT2D eigenvalue weighted by atomic mass is 10.1. The summed E-state index contributed by atoms with van der Waals surface area (Å²) < 4.78 is 31.9. The number of rotatable bonds is 5. The molecule has 0 saturated heterocycles. The first-order chi connectivity index (χ1) is 11.5. The third kappa shape index (κ3) is 3.77. The Hall–Kier alpha value is -2.31. The van der Waals surface area contributed by atoms with Gasteiger partial charge in [0.2, 0.25) is 11.7 Å². The summed E-state index contributed by atoms with van der Waals surface area (Å²) in [5.41, 5.74) is 1.15. The van der Waals surface area contributed by atoms with Crippen molar-refractivity contribution in [1.29, 1.82) is 0 Å². The third-order valence-electron chi connectivity index (χ3n) is 3.56. The molecule has 1 atom stereocenters. The Bertz CT molecular complexity index is 836. The van der Waals surface area contributed by atoms with Gasteiger partial charge in [-0.1, -0.05) is 22.8 Å². The summed E-state index contributed by atoms with van der Waals surface area (Å²) in [5.74, 6) is -0.381. The molecule has 0 aliphatic heterocycles. The molecule has 0 saturated carbocycles. The Labute approximate surface area is 142 Å². The van der Waals surface area contributed by atoms with Gasteiger partial charge in [-0.05, 0) is 37.3 Å². The van der Waals surface area contributed by atoms with Gasteiger partial charge >= 0.3 is 0 Å². The Morgan fingerprint density at radius 3 is 2.62 bits per heavy atom. The molecule has 0 fully saturated rings. The lowest BCUT2D eigenvalue weighted by Gasteiger charge is -2.13. The minimum atomic E-state index is -0.604. The second-order valence-corrected chi connectivity index (χ2v) is 5.72. The summed E-state index contributed by atoms with van der Waals surface area (Å²) in [5, 5.41) is 7.60. The lowest BCUT2D eigenvalue weighted by molar-refractivity contribution is 0.359. The highest BCUT2D eigenvalue weighted by atomic mass is 35.5. The maximum Gasteiger partial charge on any atom is 0.240 e. The van der Waals surface area contributed by atoms with Crippen LogP contribution in [0.2, 0.25) is 5.02 Å². The molecule has 0 bridgehead atoms. The van der Waals surface area contributed by atoms with Crippen molar-refractivity contribution in [1.82, 2.24) is 15.5 Å². The van der Waals surface area contributed by atoms with Crippen molar-refractivity contribution >= 4 is 11.6 Å². The predicted octanol–water partition coefficient (Wildman–Crippen LogP) is 4.52. The van der Waals surface area contributed by atoms with Crippen molar-refractivity contribution in [3.63, 3.8) is 0 Å². The van der Waals surface area contributed by atoms with E-state index >= 15 is 0 Å². The van der Waals surface area contributed by atoms with Gasteiger partial charge in [0.05, 0.1) is 6.54 Å². The van der Waals surface area contributed by atoms with Gasteiger partial charge in [0, 0.05) is 28.3 Å². The van der Waals surface area contributed by atoms with Crippen molar-refractivity contribution in [3.05, 3.63) is 70.6 Å². The molecule has 3 rings (SSSR count). The van der Waals surface area contributed by atoms with Crippen molar-refractivity contribution in [3.8, 4) is 11.4 Å². The number of halogens is 3. The van der Waals surface area contributed by atoms with E-state index in [9.17, 15) is 8.78 Å². The molecular weight excluding hydrogens is 336 g/mol. The second kappa shape index (κ2) is 7.07. The van der Waals surface area contributed by atoms with Gasteiger partial charge in [-0.25, -0.2) is 8.78 Å². The molecule has 1 aromatic heterocycles. The fourth-order valence-electron chi connectivity index (χ4n) is 2.25. The van der Waals surface area contributed by atoms with Crippen LogP contribution < -0.4 is 5.32 Å². The molecule has 0 radical (unpaired) electrons. The van der Waals surface area contributed by atoms with E-state index in [-0.39, 0.29) is 12.6 Å². The monoisotopic (exact) mass is 349 g/mol. The molecule has 2 aromatic carbocycles. The fourth-order valence-corrected chi connectivity index (χ4v) is 2.37. The van der Waals surface area contributed by atoms with Gasteiger partial charge < -0.3 is 9.84 Å². The molecule has 1 N–H and O–H groups in total. The van der Waals surface area contributed by atoms with Crippen LogP contribution in [0.3, 0.4) is 0 Å². The van der Waals surface area contributed by atoms with E-state index in [1.807, 2.05) is 0 Å². The van der Waals surface area contributed by atoms with Crippen LogP contribution in [-0.4, -0.2) is 10.1 Å². The molecule has 3 aromatic rings. The Kier molecular flexibility index (Phi) is 4.87.